The molecule has 0 radical (unpaired) electrons. The van der Waals surface area contributed by atoms with E-state index < -0.39 is 32.0 Å². The standard InChI is InChI=1S/C27H36N4O5S2/c1-27(2,3)21-14-16-22(17-15-21)28-29-26(32)25-20-30(37(33,34)23-10-6-4-7-11-23)18-19-31(25)38(35,36)24-12-8-5-9-13-24/h4-13,21,25H,14-20H2,1-3H3,(H,29,32)/t21?,25-/m1/s1. The topological polar surface area (TPSA) is 116 Å². The van der Waals surface area contributed by atoms with Gasteiger partial charge in [0, 0.05) is 25.3 Å². The van der Waals surface area contributed by atoms with Gasteiger partial charge in [-0.2, -0.15) is 13.7 Å². The Kier molecular flexibility index (Phi) is 8.41. The molecule has 1 saturated heterocycles. The van der Waals surface area contributed by atoms with Gasteiger partial charge < -0.3 is 0 Å². The molecular formula is C27H36N4O5S2. The third-order valence-electron chi connectivity index (χ3n) is 7.44. The SMILES string of the molecule is CC(C)(C)C1CCC(=NNC(=O)[C@H]2CN(S(=O)(=O)c3ccccc3)CCN2S(=O)(=O)c2ccccc2)CC1. The molecule has 4 rings (SSSR count). The van der Waals surface area contributed by atoms with Gasteiger partial charge in [-0.25, -0.2) is 22.3 Å². The Balaban J connectivity index is 1.57. The molecule has 38 heavy (non-hydrogen) atoms. The van der Waals surface area contributed by atoms with Crippen LogP contribution in [0.15, 0.2) is 75.6 Å². The summed E-state index contributed by atoms with van der Waals surface area (Å²) in [6.45, 7) is 6.12. The highest BCUT2D eigenvalue weighted by Gasteiger charge is 2.43. The van der Waals surface area contributed by atoms with Crippen molar-refractivity contribution in [3.05, 3.63) is 60.7 Å². The molecule has 2 aromatic rings. The number of piperazine rings is 1. The third kappa shape index (κ3) is 6.17. The van der Waals surface area contributed by atoms with Crippen LogP contribution >= 0.6 is 0 Å². The molecule has 1 aliphatic carbocycles. The highest BCUT2D eigenvalue weighted by Crippen LogP contribution is 2.36. The summed E-state index contributed by atoms with van der Waals surface area (Å²) in [5.41, 5.74) is 3.63. The molecule has 1 atom stereocenters. The monoisotopic (exact) mass is 560 g/mol. The van der Waals surface area contributed by atoms with E-state index in [1.807, 2.05) is 0 Å². The fourth-order valence-corrected chi connectivity index (χ4v) is 8.12. The molecule has 1 aliphatic heterocycles. The number of benzene rings is 2. The molecule has 11 heteroatoms. The summed E-state index contributed by atoms with van der Waals surface area (Å²) in [6.07, 6.45) is 3.46. The van der Waals surface area contributed by atoms with Crippen LogP contribution in [0.5, 0.6) is 0 Å². The maximum Gasteiger partial charge on any atom is 0.259 e. The molecule has 0 unspecified atom stereocenters. The van der Waals surface area contributed by atoms with Crippen LogP contribution < -0.4 is 5.43 Å². The lowest BCUT2D eigenvalue weighted by Gasteiger charge is -2.38. The van der Waals surface area contributed by atoms with Gasteiger partial charge in [0.25, 0.3) is 5.91 Å². The molecule has 1 heterocycles. The Labute approximate surface area is 226 Å². The third-order valence-corrected chi connectivity index (χ3v) is 11.2. The predicted molar refractivity (Wildman–Crippen MR) is 146 cm³/mol. The van der Waals surface area contributed by atoms with Gasteiger partial charge >= 0.3 is 0 Å². The van der Waals surface area contributed by atoms with E-state index >= 15 is 0 Å². The van der Waals surface area contributed by atoms with Crippen molar-refractivity contribution in [1.82, 2.24) is 14.0 Å². The summed E-state index contributed by atoms with van der Waals surface area (Å²) in [7, 11) is -7.98. The van der Waals surface area contributed by atoms with Gasteiger partial charge in [0.1, 0.15) is 6.04 Å². The lowest BCUT2D eigenvalue weighted by Crippen LogP contribution is -2.60. The lowest BCUT2D eigenvalue weighted by molar-refractivity contribution is -0.125. The number of carbonyl (C=O) groups excluding carboxylic acids is 1. The molecule has 2 fully saturated rings. The van der Waals surface area contributed by atoms with Crippen molar-refractivity contribution in [1.29, 1.82) is 0 Å². The number of hydrazone groups is 1. The first-order valence-corrected chi connectivity index (χ1v) is 15.8. The van der Waals surface area contributed by atoms with Gasteiger partial charge in [-0.3, -0.25) is 4.79 Å². The van der Waals surface area contributed by atoms with Crippen molar-refractivity contribution in [3.63, 3.8) is 0 Å². The van der Waals surface area contributed by atoms with Crippen LogP contribution in [0.3, 0.4) is 0 Å². The van der Waals surface area contributed by atoms with Crippen molar-refractivity contribution in [2.45, 2.75) is 62.3 Å². The molecule has 2 aromatic carbocycles. The highest BCUT2D eigenvalue weighted by atomic mass is 32.2. The first kappa shape index (κ1) is 28.4. The Morgan fingerprint density at radius 3 is 1.89 bits per heavy atom. The van der Waals surface area contributed by atoms with Crippen LogP contribution in [0, 0.1) is 11.3 Å². The Morgan fingerprint density at radius 2 is 1.37 bits per heavy atom. The van der Waals surface area contributed by atoms with Crippen molar-refractivity contribution in [2.75, 3.05) is 19.6 Å². The minimum absolute atomic E-state index is 0.0454. The van der Waals surface area contributed by atoms with E-state index in [9.17, 15) is 21.6 Å². The van der Waals surface area contributed by atoms with Gasteiger partial charge in [-0.1, -0.05) is 57.2 Å². The Bertz CT molecular complexity index is 1360. The average molecular weight is 561 g/mol. The summed E-state index contributed by atoms with van der Waals surface area (Å²) in [5.74, 6) is -0.0818. The van der Waals surface area contributed by atoms with E-state index in [0.717, 1.165) is 35.7 Å². The van der Waals surface area contributed by atoms with E-state index in [1.54, 1.807) is 36.4 Å². The summed E-state index contributed by atoms with van der Waals surface area (Å²) in [6, 6.07) is 14.5. The minimum Gasteiger partial charge on any atom is -0.271 e. The van der Waals surface area contributed by atoms with E-state index in [2.05, 4.69) is 31.3 Å². The van der Waals surface area contributed by atoms with E-state index in [0.29, 0.717) is 5.92 Å². The van der Waals surface area contributed by atoms with Crippen molar-refractivity contribution in [3.8, 4) is 0 Å². The van der Waals surface area contributed by atoms with Crippen LogP contribution in [0.1, 0.15) is 46.5 Å². The quantitative estimate of drug-likeness (QED) is 0.543. The number of hydrogen-bond donors (Lipinski definition) is 1. The molecule has 1 N–H and O–H groups in total. The molecule has 1 amide bonds. The van der Waals surface area contributed by atoms with Crippen LogP contribution in [0.4, 0.5) is 0 Å². The zero-order chi connectivity index (χ0) is 27.6. The first-order chi connectivity index (χ1) is 17.9. The van der Waals surface area contributed by atoms with Crippen LogP contribution in [-0.2, 0) is 24.8 Å². The Morgan fingerprint density at radius 1 is 0.842 bits per heavy atom. The highest BCUT2D eigenvalue weighted by molar-refractivity contribution is 7.89. The second kappa shape index (κ2) is 11.3. The average Bonchev–Trinajstić information content (AvgIpc) is 2.92. The number of rotatable bonds is 6. The minimum atomic E-state index is -4.05. The molecule has 0 bridgehead atoms. The molecule has 0 aromatic heterocycles. The zero-order valence-electron chi connectivity index (χ0n) is 22.1. The van der Waals surface area contributed by atoms with E-state index in [1.165, 1.54) is 28.6 Å². The predicted octanol–water partition coefficient (Wildman–Crippen LogP) is 3.46. The number of sulfonamides is 2. The fraction of sp³-hybridized carbons (Fsp3) is 0.481. The summed E-state index contributed by atoms with van der Waals surface area (Å²) >= 11 is 0. The molecule has 9 nitrogen and oxygen atoms in total. The lowest BCUT2D eigenvalue weighted by atomic mass is 9.72. The zero-order valence-corrected chi connectivity index (χ0v) is 23.7. The molecule has 206 valence electrons. The largest absolute Gasteiger partial charge is 0.271 e. The van der Waals surface area contributed by atoms with Gasteiger partial charge in [-0.05, 0) is 61.3 Å². The second-order valence-electron chi connectivity index (χ2n) is 10.9. The van der Waals surface area contributed by atoms with Crippen molar-refractivity contribution in [2.24, 2.45) is 16.4 Å². The number of carbonyl (C=O) groups is 1. The molecule has 1 saturated carbocycles. The van der Waals surface area contributed by atoms with Gasteiger partial charge in [0.05, 0.1) is 9.79 Å². The molecular weight excluding hydrogens is 524 g/mol. The van der Waals surface area contributed by atoms with Crippen molar-refractivity contribution >= 4 is 31.7 Å². The summed E-state index contributed by atoms with van der Waals surface area (Å²) in [5, 5.41) is 4.34. The van der Waals surface area contributed by atoms with Crippen molar-refractivity contribution < 1.29 is 21.6 Å². The molecule has 0 spiro atoms. The normalized spacial score (nSPS) is 22.1. The fourth-order valence-electron chi connectivity index (χ4n) is 5.07. The number of nitrogens with zero attached hydrogens (tertiary/aromatic N) is 3. The van der Waals surface area contributed by atoms with Crippen LogP contribution in [0.25, 0.3) is 0 Å². The van der Waals surface area contributed by atoms with E-state index in [4.69, 9.17) is 0 Å². The summed E-state index contributed by atoms with van der Waals surface area (Å²) < 4.78 is 55.9. The number of amides is 1. The smallest absolute Gasteiger partial charge is 0.259 e. The summed E-state index contributed by atoms with van der Waals surface area (Å²) in [4.78, 5) is 13.6. The van der Waals surface area contributed by atoms with Gasteiger partial charge in [0.15, 0.2) is 0 Å². The maximum atomic E-state index is 13.5. The second-order valence-corrected chi connectivity index (χ2v) is 14.7. The first-order valence-electron chi connectivity index (χ1n) is 12.9. The van der Waals surface area contributed by atoms with Gasteiger partial charge in [-0.15, -0.1) is 0 Å². The maximum absolute atomic E-state index is 13.5. The van der Waals surface area contributed by atoms with Gasteiger partial charge in [0.2, 0.25) is 20.0 Å². The van der Waals surface area contributed by atoms with Crippen LogP contribution in [-0.4, -0.2) is 62.7 Å². The van der Waals surface area contributed by atoms with E-state index in [-0.39, 0.29) is 34.8 Å². The number of hydrogen-bond acceptors (Lipinski definition) is 6. The van der Waals surface area contributed by atoms with Crippen LogP contribution in [0.2, 0.25) is 0 Å². The number of nitrogens with one attached hydrogen (secondary N) is 1. The molecule has 2 aliphatic rings. The Hall–Kier alpha value is -2.60.